The molecule has 1 nitrogen and oxygen atoms in total. The lowest BCUT2D eigenvalue weighted by Gasteiger charge is -2.11. The Morgan fingerprint density at radius 2 is 1.69 bits per heavy atom. The molecule has 0 radical (unpaired) electrons. The number of rotatable bonds is 2. The van der Waals surface area contributed by atoms with E-state index >= 15 is 0 Å². The Kier molecular flexibility index (Phi) is 3.14. The minimum absolute atomic E-state index is 0.267. The largest absolute Gasteiger partial charge is 0.324 e. The fourth-order valence-corrected chi connectivity index (χ4v) is 3.48. The van der Waals surface area contributed by atoms with E-state index in [-0.39, 0.29) is 6.04 Å². The Hall–Kier alpha value is 0.640. The molecule has 1 unspecified atom stereocenters. The van der Waals surface area contributed by atoms with Crippen LogP contribution in [-0.2, 0) is 0 Å². The molecule has 2 rings (SSSR count). The number of nitrogens with two attached hydrogens (primary N) is 1. The Labute approximate surface area is 106 Å². The Balaban J connectivity index is 2.27. The van der Waals surface area contributed by atoms with Gasteiger partial charge >= 0.3 is 0 Å². The van der Waals surface area contributed by atoms with Crippen molar-refractivity contribution in [1.82, 2.24) is 0 Å². The third kappa shape index (κ3) is 2.56. The average molecular weight is 399 g/mol. The highest BCUT2D eigenvalue weighted by Gasteiger charge is 2.29. The minimum atomic E-state index is 0.267. The number of hydrogen-bond acceptors (Lipinski definition) is 1. The normalized spacial score (nSPS) is 18.7. The first kappa shape index (κ1) is 10.2. The molecule has 0 bridgehead atoms. The molecule has 70 valence electrons. The van der Waals surface area contributed by atoms with Crippen LogP contribution in [0.1, 0.15) is 24.4 Å². The number of benzene rings is 1. The van der Waals surface area contributed by atoms with Crippen LogP contribution in [0.5, 0.6) is 0 Å². The monoisotopic (exact) mass is 399 g/mol. The van der Waals surface area contributed by atoms with E-state index in [0.717, 1.165) is 5.92 Å². The fraction of sp³-hybridized carbons (Fsp3) is 0.400. The number of hydrogen-bond donors (Lipinski definition) is 1. The molecular weight excluding hydrogens is 388 g/mol. The lowest BCUT2D eigenvalue weighted by molar-refractivity contribution is 0.633. The van der Waals surface area contributed by atoms with Gasteiger partial charge in [0.1, 0.15) is 0 Å². The van der Waals surface area contributed by atoms with Crippen molar-refractivity contribution in [1.29, 1.82) is 0 Å². The number of halogens is 2. The van der Waals surface area contributed by atoms with Gasteiger partial charge in [0.15, 0.2) is 0 Å². The molecule has 1 fully saturated rings. The van der Waals surface area contributed by atoms with E-state index in [1.165, 1.54) is 25.5 Å². The third-order valence-corrected chi connectivity index (χ3v) is 3.65. The van der Waals surface area contributed by atoms with Crippen molar-refractivity contribution in [3.8, 4) is 0 Å². The Morgan fingerprint density at radius 3 is 2.15 bits per heavy atom. The summed E-state index contributed by atoms with van der Waals surface area (Å²) in [6.45, 7) is 0. The van der Waals surface area contributed by atoms with Gasteiger partial charge in [-0.2, -0.15) is 0 Å². The van der Waals surface area contributed by atoms with Crippen molar-refractivity contribution in [2.75, 3.05) is 0 Å². The van der Waals surface area contributed by atoms with Crippen LogP contribution in [0.15, 0.2) is 18.2 Å². The first-order chi connectivity index (χ1) is 6.16. The fourth-order valence-electron chi connectivity index (χ4n) is 1.50. The second kappa shape index (κ2) is 4.02. The van der Waals surface area contributed by atoms with E-state index in [4.69, 9.17) is 5.73 Å². The maximum Gasteiger partial charge on any atom is 0.0324 e. The van der Waals surface area contributed by atoms with Gasteiger partial charge in [-0.15, -0.1) is 0 Å². The Morgan fingerprint density at radius 1 is 1.15 bits per heavy atom. The van der Waals surface area contributed by atoms with Gasteiger partial charge < -0.3 is 5.73 Å². The molecule has 0 heterocycles. The summed E-state index contributed by atoms with van der Waals surface area (Å²) in [5.41, 5.74) is 7.44. The van der Waals surface area contributed by atoms with E-state index in [0.29, 0.717) is 0 Å². The van der Waals surface area contributed by atoms with Crippen LogP contribution in [-0.4, -0.2) is 0 Å². The van der Waals surface area contributed by atoms with E-state index in [1.807, 2.05) is 0 Å². The molecule has 0 aromatic heterocycles. The van der Waals surface area contributed by atoms with Crippen molar-refractivity contribution in [2.45, 2.75) is 18.9 Å². The maximum absolute atomic E-state index is 6.13. The second-order valence-corrected chi connectivity index (χ2v) is 6.06. The van der Waals surface area contributed by atoms with Gasteiger partial charge in [0, 0.05) is 13.2 Å². The van der Waals surface area contributed by atoms with Gasteiger partial charge in [-0.05, 0) is 87.7 Å². The minimum Gasteiger partial charge on any atom is -0.324 e. The van der Waals surface area contributed by atoms with Crippen molar-refractivity contribution in [3.63, 3.8) is 0 Å². The van der Waals surface area contributed by atoms with Gasteiger partial charge in [0.25, 0.3) is 0 Å². The second-order valence-electron chi connectivity index (χ2n) is 3.57. The highest BCUT2D eigenvalue weighted by molar-refractivity contribution is 14.1. The van der Waals surface area contributed by atoms with Gasteiger partial charge in [-0.25, -0.2) is 0 Å². The van der Waals surface area contributed by atoms with E-state index < -0.39 is 0 Å². The summed E-state index contributed by atoms with van der Waals surface area (Å²) in [6, 6.07) is 6.84. The van der Waals surface area contributed by atoms with Crippen LogP contribution in [0.3, 0.4) is 0 Å². The highest BCUT2D eigenvalue weighted by Crippen LogP contribution is 2.39. The summed E-state index contributed by atoms with van der Waals surface area (Å²) in [5.74, 6) is 0.744. The average Bonchev–Trinajstić information content (AvgIpc) is 2.83. The molecule has 0 aliphatic heterocycles. The highest BCUT2D eigenvalue weighted by atomic mass is 127. The first-order valence-electron chi connectivity index (χ1n) is 4.38. The molecule has 13 heavy (non-hydrogen) atoms. The van der Waals surface area contributed by atoms with Crippen molar-refractivity contribution >= 4 is 45.2 Å². The van der Waals surface area contributed by atoms with Crippen LogP contribution in [0, 0.1) is 13.1 Å². The molecule has 0 saturated heterocycles. The van der Waals surface area contributed by atoms with Crippen LogP contribution in [0.4, 0.5) is 0 Å². The van der Waals surface area contributed by atoms with Gasteiger partial charge in [-0.1, -0.05) is 0 Å². The maximum atomic E-state index is 6.13. The van der Waals surface area contributed by atoms with E-state index in [9.17, 15) is 0 Å². The molecule has 1 saturated carbocycles. The first-order valence-corrected chi connectivity index (χ1v) is 6.54. The smallest absolute Gasteiger partial charge is 0.0324 e. The third-order valence-electron chi connectivity index (χ3n) is 2.40. The molecule has 0 amide bonds. The van der Waals surface area contributed by atoms with Gasteiger partial charge in [-0.3, -0.25) is 0 Å². The van der Waals surface area contributed by atoms with Crippen molar-refractivity contribution in [3.05, 3.63) is 30.9 Å². The SMILES string of the molecule is NC(c1cc(I)cc(I)c1)C1CC1. The van der Waals surface area contributed by atoms with E-state index in [2.05, 4.69) is 63.4 Å². The zero-order chi connectivity index (χ0) is 9.42. The predicted octanol–water partition coefficient (Wildman–Crippen LogP) is 3.31. The quantitative estimate of drug-likeness (QED) is 0.760. The van der Waals surface area contributed by atoms with E-state index in [1.54, 1.807) is 0 Å². The summed E-state index contributed by atoms with van der Waals surface area (Å²) >= 11 is 4.70. The molecule has 1 aliphatic rings. The van der Waals surface area contributed by atoms with Crippen molar-refractivity contribution < 1.29 is 0 Å². The van der Waals surface area contributed by atoms with Crippen LogP contribution >= 0.6 is 45.2 Å². The molecule has 1 atom stereocenters. The molecule has 1 aromatic carbocycles. The molecule has 1 aromatic rings. The summed E-state index contributed by atoms with van der Waals surface area (Å²) < 4.78 is 2.58. The summed E-state index contributed by atoms with van der Waals surface area (Å²) in [6.07, 6.45) is 2.62. The molecule has 3 heteroatoms. The lowest BCUT2D eigenvalue weighted by Crippen LogP contribution is -2.12. The van der Waals surface area contributed by atoms with Gasteiger partial charge in [0.2, 0.25) is 0 Å². The standard InChI is InChI=1S/C10H11I2N/c11-8-3-7(4-9(12)5-8)10(13)6-1-2-6/h3-6,10H,1-2,13H2. The van der Waals surface area contributed by atoms with Crippen LogP contribution < -0.4 is 5.73 Å². The van der Waals surface area contributed by atoms with Crippen molar-refractivity contribution in [2.24, 2.45) is 11.7 Å². The molecular formula is C10H11I2N. The zero-order valence-corrected chi connectivity index (χ0v) is 11.4. The van der Waals surface area contributed by atoms with Gasteiger partial charge in [0.05, 0.1) is 0 Å². The molecule has 2 N–H and O–H groups in total. The molecule has 1 aliphatic carbocycles. The predicted molar refractivity (Wildman–Crippen MR) is 71.5 cm³/mol. The van der Waals surface area contributed by atoms with Crippen LogP contribution in [0.2, 0.25) is 0 Å². The Bertz CT molecular complexity index is 300. The lowest BCUT2D eigenvalue weighted by atomic mass is 10.0. The summed E-state index contributed by atoms with van der Waals surface area (Å²) in [5, 5.41) is 0. The zero-order valence-electron chi connectivity index (χ0n) is 7.13. The molecule has 0 spiro atoms. The summed E-state index contributed by atoms with van der Waals surface area (Å²) in [7, 11) is 0. The van der Waals surface area contributed by atoms with Crippen LogP contribution in [0.25, 0.3) is 0 Å². The summed E-state index contributed by atoms with van der Waals surface area (Å²) in [4.78, 5) is 0. The topological polar surface area (TPSA) is 26.0 Å².